The van der Waals surface area contributed by atoms with Crippen molar-refractivity contribution in [2.45, 2.75) is 45.9 Å². The molecule has 1 aromatic carbocycles. The smallest absolute Gasteiger partial charge is 0.273 e. The summed E-state index contributed by atoms with van der Waals surface area (Å²) in [6, 6.07) is 3.52. The van der Waals surface area contributed by atoms with E-state index >= 15 is 0 Å². The first-order chi connectivity index (χ1) is 13.8. The lowest BCUT2D eigenvalue weighted by molar-refractivity contribution is 0.283. The molecule has 29 heavy (non-hydrogen) atoms. The van der Waals surface area contributed by atoms with Gasteiger partial charge in [0.25, 0.3) is 5.56 Å². The number of anilines is 1. The number of nitrogens with one attached hydrogen (secondary N) is 1. The van der Waals surface area contributed by atoms with Crippen molar-refractivity contribution >= 4 is 21.9 Å². The molecule has 1 aromatic heterocycles. The summed E-state index contributed by atoms with van der Waals surface area (Å²) < 4.78 is 34.5. The van der Waals surface area contributed by atoms with Crippen LogP contribution in [0, 0.1) is 11.6 Å². The van der Waals surface area contributed by atoms with E-state index in [1.165, 1.54) is 6.07 Å². The van der Waals surface area contributed by atoms with Gasteiger partial charge in [-0.3, -0.25) is 9.36 Å². The van der Waals surface area contributed by atoms with Crippen molar-refractivity contribution in [1.29, 1.82) is 0 Å². The third kappa shape index (κ3) is 4.78. The first-order valence-corrected chi connectivity index (χ1v) is 10.5. The first kappa shape index (κ1) is 21.7. The molecule has 0 spiro atoms. The van der Waals surface area contributed by atoms with E-state index in [1.807, 2.05) is 13.8 Å². The lowest BCUT2D eigenvalue weighted by Gasteiger charge is -2.25. The van der Waals surface area contributed by atoms with Crippen LogP contribution in [-0.4, -0.2) is 35.2 Å². The molecule has 0 bridgehead atoms. The summed E-state index contributed by atoms with van der Waals surface area (Å²) in [5.41, 5.74) is -0.0745. The zero-order chi connectivity index (χ0) is 21.1. The Balaban J connectivity index is 1.92. The molecule has 2 heterocycles. The highest BCUT2D eigenvalue weighted by atomic mass is 79.9. The first-order valence-electron chi connectivity index (χ1n) is 9.68. The van der Waals surface area contributed by atoms with E-state index in [2.05, 4.69) is 38.1 Å². The largest absolute Gasteiger partial charge is 0.472 e. The van der Waals surface area contributed by atoms with Crippen molar-refractivity contribution in [3.05, 3.63) is 50.2 Å². The van der Waals surface area contributed by atoms with Crippen molar-refractivity contribution in [3.63, 3.8) is 0 Å². The van der Waals surface area contributed by atoms with E-state index in [-0.39, 0.29) is 34.1 Å². The molecule has 3 rings (SSSR count). The Morgan fingerprint density at radius 1 is 1.38 bits per heavy atom. The highest BCUT2D eigenvalue weighted by Gasteiger charge is 2.28. The molecule has 2 aromatic rings. The third-order valence-electron chi connectivity index (χ3n) is 4.87. The summed E-state index contributed by atoms with van der Waals surface area (Å²) in [6.07, 6.45) is 0.953. The summed E-state index contributed by atoms with van der Waals surface area (Å²) in [5.74, 6) is -0.734. The molecule has 1 saturated heterocycles. The van der Waals surface area contributed by atoms with Crippen LogP contribution < -0.4 is 20.5 Å². The van der Waals surface area contributed by atoms with Gasteiger partial charge in [-0.1, -0.05) is 6.92 Å². The van der Waals surface area contributed by atoms with E-state index in [4.69, 9.17) is 4.74 Å². The number of ether oxygens (including phenoxy) is 1. The van der Waals surface area contributed by atoms with Crippen molar-refractivity contribution in [3.8, 4) is 5.88 Å². The zero-order valence-electron chi connectivity index (χ0n) is 16.7. The fourth-order valence-corrected chi connectivity index (χ4v) is 3.84. The Morgan fingerprint density at radius 3 is 2.79 bits per heavy atom. The van der Waals surface area contributed by atoms with Crippen LogP contribution in [0.3, 0.4) is 0 Å². The van der Waals surface area contributed by atoms with Gasteiger partial charge in [0.1, 0.15) is 22.7 Å². The number of rotatable bonds is 7. The van der Waals surface area contributed by atoms with Gasteiger partial charge in [0, 0.05) is 36.8 Å². The van der Waals surface area contributed by atoms with Gasteiger partial charge in [0.05, 0.1) is 0 Å². The molecule has 0 unspecified atom stereocenters. The molecule has 1 aliphatic rings. The van der Waals surface area contributed by atoms with Crippen molar-refractivity contribution in [2.75, 3.05) is 24.5 Å². The fraction of sp³-hybridized carbons (Fsp3) is 0.500. The standard InChI is InChI=1S/C20H25BrF2N4O2/c1-4-24-15-7-8-26(10-15)20-25-18(17(21)19(28)27(20)12(2)3)29-11-13-5-6-14(22)9-16(13)23/h5-6,9,12,15,24H,4,7-8,10-11H2,1-3H3/t15-/m1/s1. The molecular weight excluding hydrogens is 446 g/mol. The highest BCUT2D eigenvalue weighted by molar-refractivity contribution is 9.10. The fourth-order valence-electron chi connectivity index (χ4n) is 3.45. The maximum Gasteiger partial charge on any atom is 0.273 e. The van der Waals surface area contributed by atoms with Crippen molar-refractivity contribution in [1.82, 2.24) is 14.9 Å². The van der Waals surface area contributed by atoms with Crippen LogP contribution in [0.25, 0.3) is 0 Å². The Kier molecular flexibility index (Phi) is 6.89. The number of hydrogen-bond acceptors (Lipinski definition) is 5. The molecule has 158 valence electrons. The number of halogens is 3. The van der Waals surface area contributed by atoms with Crippen LogP contribution in [0.4, 0.5) is 14.7 Å². The van der Waals surface area contributed by atoms with Crippen LogP contribution in [0.1, 0.15) is 38.8 Å². The molecule has 0 amide bonds. The molecule has 0 radical (unpaired) electrons. The van der Waals surface area contributed by atoms with Crippen molar-refractivity contribution in [2.24, 2.45) is 0 Å². The third-order valence-corrected chi connectivity index (χ3v) is 5.55. The molecule has 1 N–H and O–H groups in total. The van der Waals surface area contributed by atoms with Gasteiger partial charge in [-0.2, -0.15) is 4.98 Å². The van der Waals surface area contributed by atoms with E-state index in [1.54, 1.807) is 4.57 Å². The van der Waals surface area contributed by atoms with Crippen LogP contribution in [0.15, 0.2) is 27.5 Å². The van der Waals surface area contributed by atoms with Gasteiger partial charge in [-0.05, 0) is 54.9 Å². The van der Waals surface area contributed by atoms with E-state index < -0.39 is 11.6 Å². The SMILES string of the molecule is CCN[C@@H]1CCN(c2nc(OCc3ccc(F)cc3F)c(Br)c(=O)n2C(C)C)C1. The summed E-state index contributed by atoms with van der Waals surface area (Å²) >= 11 is 3.28. The average Bonchev–Trinajstić information content (AvgIpc) is 3.12. The van der Waals surface area contributed by atoms with E-state index in [0.717, 1.165) is 38.2 Å². The second-order valence-corrected chi connectivity index (χ2v) is 8.11. The lowest BCUT2D eigenvalue weighted by Crippen LogP contribution is -2.36. The zero-order valence-corrected chi connectivity index (χ0v) is 18.3. The van der Waals surface area contributed by atoms with Crippen LogP contribution in [0.2, 0.25) is 0 Å². The number of benzene rings is 1. The summed E-state index contributed by atoms with van der Waals surface area (Å²) in [7, 11) is 0. The molecular formula is C20H25BrF2N4O2. The predicted molar refractivity (Wildman–Crippen MR) is 112 cm³/mol. The normalized spacial score (nSPS) is 16.7. The van der Waals surface area contributed by atoms with Gasteiger partial charge in [0.15, 0.2) is 0 Å². The van der Waals surface area contributed by atoms with Gasteiger partial charge >= 0.3 is 0 Å². The minimum atomic E-state index is -0.704. The second kappa shape index (κ2) is 9.21. The van der Waals surface area contributed by atoms with Gasteiger partial charge in [-0.25, -0.2) is 8.78 Å². The summed E-state index contributed by atoms with van der Waals surface area (Å²) in [6.45, 7) is 8.12. The molecule has 0 aliphatic carbocycles. The summed E-state index contributed by atoms with van der Waals surface area (Å²) in [4.78, 5) is 19.6. The number of aromatic nitrogens is 2. The maximum atomic E-state index is 13.9. The minimum absolute atomic E-state index is 0.0944. The van der Waals surface area contributed by atoms with Crippen LogP contribution >= 0.6 is 15.9 Å². The van der Waals surface area contributed by atoms with Gasteiger partial charge in [-0.15, -0.1) is 0 Å². The monoisotopic (exact) mass is 470 g/mol. The average molecular weight is 471 g/mol. The topological polar surface area (TPSA) is 59.4 Å². The minimum Gasteiger partial charge on any atom is -0.472 e. The quantitative estimate of drug-likeness (QED) is 0.669. The molecule has 1 atom stereocenters. The highest BCUT2D eigenvalue weighted by Crippen LogP contribution is 2.28. The number of nitrogens with zero attached hydrogens (tertiary/aromatic N) is 3. The molecule has 1 fully saturated rings. The van der Waals surface area contributed by atoms with E-state index in [0.29, 0.717) is 12.0 Å². The Morgan fingerprint density at radius 2 is 2.14 bits per heavy atom. The Hall–Kier alpha value is -2.00. The molecule has 0 saturated carbocycles. The Bertz CT molecular complexity index is 935. The number of hydrogen-bond donors (Lipinski definition) is 1. The van der Waals surface area contributed by atoms with Gasteiger partial charge in [0.2, 0.25) is 11.8 Å². The maximum absolute atomic E-state index is 13.9. The van der Waals surface area contributed by atoms with Crippen LogP contribution in [0.5, 0.6) is 5.88 Å². The van der Waals surface area contributed by atoms with E-state index in [9.17, 15) is 13.6 Å². The molecule has 6 nitrogen and oxygen atoms in total. The lowest BCUT2D eigenvalue weighted by atomic mass is 10.2. The molecule has 1 aliphatic heterocycles. The number of likely N-dealkylation sites (N-methyl/N-ethyl adjacent to an activating group) is 1. The summed E-state index contributed by atoms with van der Waals surface area (Å²) in [5, 5.41) is 3.42. The molecule has 9 heteroatoms. The van der Waals surface area contributed by atoms with Gasteiger partial charge < -0.3 is 15.0 Å². The van der Waals surface area contributed by atoms with Crippen molar-refractivity contribution < 1.29 is 13.5 Å². The Labute approximate surface area is 177 Å². The van der Waals surface area contributed by atoms with Crippen LogP contribution in [-0.2, 0) is 6.61 Å². The second-order valence-electron chi connectivity index (χ2n) is 7.31. The predicted octanol–water partition coefficient (Wildman–Crippen LogP) is 3.63.